The van der Waals surface area contributed by atoms with Crippen LogP contribution < -0.4 is 5.32 Å². The summed E-state index contributed by atoms with van der Waals surface area (Å²) in [7, 11) is 0. The summed E-state index contributed by atoms with van der Waals surface area (Å²) in [6.45, 7) is 5.27. The van der Waals surface area contributed by atoms with Gasteiger partial charge in [-0.1, -0.05) is 23.2 Å². The number of anilines is 1. The number of hydrogen-bond donors (Lipinski definition) is 1. The first-order chi connectivity index (χ1) is 13.7. The molecule has 0 aliphatic rings. The Morgan fingerprint density at radius 1 is 1.14 bits per heavy atom. The van der Waals surface area contributed by atoms with Crippen molar-refractivity contribution in [2.75, 3.05) is 5.32 Å². The smallest absolute Gasteiger partial charge is 0.340 e. The molecule has 1 N–H and O–H groups in total. The third-order valence-electron chi connectivity index (χ3n) is 4.05. The number of carbonyl (C=O) groups is 2. The highest BCUT2D eigenvalue weighted by atomic mass is 35.5. The van der Waals surface area contributed by atoms with Crippen molar-refractivity contribution in [1.29, 1.82) is 0 Å². The van der Waals surface area contributed by atoms with Crippen LogP contribution in [0.2, 0.25) is 10.0 Å². The van der Waals surface area contributed by atoms with Crippen molar-refractivity contribution in [3.05, 3.63) is 69.6 Å². The lowest BCUT2D eigenvalue weighted by Gasteiger charge is -2.14. The van der Waals surface area contributed by atoms with Gasteiger partial charge in [-0.15, -0.1) is 0 Å². The molecule has 7 nitrogen and oxygen atoms in total. The van der Waals surface area contributed by atoms with Crippen molar-refractivity contribution in [3.63, 3.8) is 0 Å². The van der Waals surface area contributed by atoms with Crippen LogP contribution in [0.15, 0.2) is 42.6 Å². The van der Waals surface area contributed by atoms with Gasteiger partial charge in [0, 0.05) is 16.9 Å². The second-order valence-electron chi connectivity index (χ2n) is 6.40. The Morgan fingerprint density at radius 3 is 2.48 bits per heavy atom. The second-order valence-corrected chi connectivity index (χ2v) is 7.25. The van der Waals surface area contributed by atoms with Gasteiger partial charge in [0.2, 0.25) is 0 Å². The molecule has 0 aliphatic heterocycles. The molecule has 1 amide bonds. The van der Waals surface area contributed by atoms with Gasteiger partial charge in [0.15, 0.2) is 11.9 Å². The Labute approximate surface area is 177 Å². The summed E-state index contributed by atoms with van der Waals surface area (Å²) in [6, 6.07) is 9.83. The van der Waals surface area contributed by atoms with E-state index in [-0.39, 0.29) is 10.6 Å². The number of aromatic nitrogens is 3. The fourth-order valence-electron chi connectivity index (χ4n) is 2.60. The zero-order valence-corrected chi connectivity index (χ0v) is 17.5. The van der Waals surface area contributed by atoms with Crippen molar-refractivity contribution < 1.29 is 14.3 Å². The Hall–Kier alpha value is -2.90. The molecule has 29 heavy (non-hydrogen) atoms. The summed E-state index contributed by atoms with van der Waals surface area (Å²) < 4.78 is 6.90. The van der Waals surface area contributed by atoms with Crippen LogP contribution in [0.3, 0.4) is 0 Å². The summed E-state index contributed by atoms with van der Waals surface area (Å²) >= 11 is 11.9. The zero-order valence-electron chi connectivity index (χ0n) is 15.9. The molecule has 150 valence electrons. The van der Waals surface area contributed by atoms with Gasteiger partial charge in [0.05, 0.1) is 22.0 Å². The molecule has 1 aromatic carbocycles. The van der Waals surface area contributed by atoms with Crippen LogP contribution in [0.1, 0.15) is 28.7 Å². The number of esters is 1. The SMILES string of the molecule is Cc1cc(C)n(-c2ccc(C(=O)OC(C)C(=O)Nc3ccc(Cl)cc3Cl)cn2)n1. The lowest BCUT2D eigenvalue weighted by Crippen LogP contribution is -2.30. The first-order valence-electron chi connectivity index (χ1n) is 8.71. The molecule has 1 unspecified atom stereocenters. The van der Waals surface area contributed by atoms with Gasteiger partial charge in [0.1, 0.15) is 0 Å². The van der Waals surface area contributed by atoms with Gasteiger partial charge in [0.25, 0.3) is 5.91 Å². The number of carbonyl (C=O) groups excluding carboxylic acids is 2. The van der Waals surface area contributed by atoms with E-state index in [0.717, 1.165) is 11.4 Å². The fraction of sp³-hybridized carbons (Fsp3) is 0.200. The number of amides is 1. The van der Waals surface area contributed by atoms with Crippen LogP contribution in [-0.4, -0.2) is 32.7 Å². The van der Waals surface area contributed by atoms with E-state index in [1.807, 2.05) is 19.9 Å². The predicted octanol–water partition coefficient (Wildman–Crippen LogP) is 4.37. The van der Waals surface area contributed by atoms with E-state index in [4.69, 9.17) is 27.9 Å². The molecule has 0 radical (unpaired) electrons. The Morgan fingerprint density at radius 2 is 1.90 bits per heavy atom. The molecule has 0 fully saturated rings. The minimum Gasteiger partial charge on any atom is -0.449 e. The van der Waals surface area contributed by atoms with E-state index in [1.54, 1.807) is 28.9 Å². The molecule has 0 spiro atoms. The largest absolute Gasteiger partial charge is 0.449 e. The molecule has 3 rings (SSSR count). The Kier molecular flexibility index (Phi) is 6.20. The highest BCUT2D eigenvalue weighted by molar-refractivity contribution is 6.36. The van der Waals surface area contributed by atoms with Crippen LogP contribution in [0.5, 0.6) is 0 Å². The number of nitrogens with zero attached hydrogens (tertiary/aromatic N) is 3. The van der Waals surface area contributed by atoms with Gasteiger partial charge in [-0.05, 0) is 57.2 Å². The molecule has 0 saturated heterocycles. The topological polar surface area (TPSA) is 86.1 Å². The van der Waals surface area contributed by atoms with Crippen molar-refractivity contribution >= 4 is 40.8 Å². The van der Waals surface area contributed by atoms with Crippen LogP contribution in [0, 0.1) is 13.8 Å². The summed E-state index contributed by atoms with van der Waals surface area (Å²) in [6.07, 6.45) is 0.347. The van der Waals surface area contributed by atoms with E-state index >= 15 is 0 Å². The van der Waals surface area contributed by atoms with Crippen LogP contribution in [-0.2, 0) is 9.53 Å². The van der Waals surface area contributed by atoms with E-state index in [9.17, 15) is 9.59 Å². The molecular formula is C20H18Cl2N4O3. The van der Waals surface area contributed by atoms with Crippen molar-refractivity contribution in [3.8, 4) is 5.82 Å². The van der Waals surface area contributed by atoms with E-state index in [2.05, 4.69) is 15.4 Å². The number of benzene rings is 1. The number of hydrogen-bond acceptors (Lipinski definition) is 5. The number of pyridine rings is 1. The number of aryl methyl sites for hydroxylation is 2. The van der Waals surface area contributed by atoms with Crippen molar-refractivity contribution in [2.24, 2.45) is 0 Å². The van der Waals surface area contributed by atoms with Crippen LogP contribution >= 0.6 is 23.2 Å². The maximum Gasteiger partial charge on any atom is 0.340 e. The van der Waals surface area contributed by atoms with E-state index < -0.39 is 18.0 Å². The van der Waals surface area contributed by atoms with Gasteiger partial charge in [-0.2, -0.15) is 5.10 Å². The molecule has 3 aromatic rings. The standard InChI is InChI=1S/C20H18Cl2N4O3/c1-11-8-12(2)26(25-11)18-7-4-14(10-23-18)20(28)29-13(3)19(27)24-17-6-5-15(21)9-16(17)22/h4-10,13H,1-3H3,(H,24,27). The first kappa shape index (κ1) is 20.8. The average molecular weight is 433 g/mol. The lowest BCUT2D eigenvalue weighted by molar-refractivity contribution is -0.123. The number of halogens is 2. The maximum absolute atomic E-state index is 12.3. The van der Waals surface area contributed by atoms with E-state index in [0.29, 0.717) is 16.5 Å². The highest BCUT2D eigenvalue weighted by Crippen LogP contribution is 2.25. The molecule has 0 saturated carbocycles. The molecule has 0 bridgehead atoms. The van der Waals surface area contributed by atoms with Crippen molar-refractivity contribution in [2.45, 2.75) is 26.9 Å². The summed E-state index contributed by atoms with van der Waals surface area (Å²) in [5.41, 5.74) is 2.39. The van der Waals surface area contributed by atoms with Gasteiger partial charge < -0.3 is 10.1 Å². The summed E-state index contributed by atoms with van der Waals surface area (Å²) in [4.78, 5) is 28.9. The molecule has 1 atom stereocenters. The van der Waals surface area contributed by atoms with Gasteiger partial charge >= 0.3 is 5.97 Å². The Bertz CT molecular complexity index is 1060. The molecular weight excluding hydrogens is 415 g/mol. The molecule has 2 heterocycles. The van der Waals surface area contributed by atoms with Gasteiger partial charge in [-0.3, -0.25) is 4.79 Å². The third kappa shape index (κ3) is 4.93. The number of ether oxygens (including phenoxy) is 1. The molecule has 9 heteroatoms. The third-order valence-corrected chi connectivity index (χ3v) is 4.60. The summed E-state index contributed by atoms with van der Waals surface area (Å²) in [5, 5.41) is 7.68. The minimum absolute atomic E-state index is 0.222. The number of rotatable bonds is 5. The lowest BCUT2D eigenvalue weighted by atomic mass is 10.2. The summed E-state index contributed by atoms with van der Waals surface area (Å²) in [5.74, 6) is -0.604. The zero-order chi connectivity index (χ0) is 21.1. The van der Waals surface area contributed by atoms with E-state index in [1.165, 1.54) is 19.2 Å². The maximum atomic E-state index is 12.3. The normalized spacial score (nSPS) is 11.8. The molecule has 0 aliphatic carbocycles. The van der Waals surface area contributed by atoms with Crippen LogP contribution in [0.25, 0.3) is 5.82 Å². The predicted molar refractivity (Wildman–Crippen MR) is 111 cm³/mol. The fourth-order valence-corrected chi connectivity index (χ4v) is 3.06. The van der Waals surface area contributed by atoms with Gasteiger partial charge in [-0.25, -0.2) is 14.5 Å². The van der Waals surface area contributed by atoms with Crippen LogP contribution in [0.4, 0.5) is 5.69 Å². The monoisotopic (exact) mass is 432 g/mol. The molecule has 2 aromatic heterocycles. The minimum atomic E-state index is -1.04. The van der Waals surface area contributed by atoms with Crippen molar-refractivity contribution in [1.82, 2.24) is 14.8 Å². The average Bonchev–Trinajstić information content (AvgIpc) is 3.02. The number of nitrogens with one attached hydrogen (secondary N) is 1. The quantitative estimate of drug-likeness (QED) is 0.604. The second kappa shape index (κ2) is 8.63. The Balaban J connectivity index is 1.64. The highest BCUT2D eigenvalue weighted by Gasteiger charge is 2.20. The first-order valence-corrected chi connectivity index (χ1v) is 9.47.